The van der Waals surface area contributed by atoms with Gasteiger partial charge in [0.05, 0.1) is 11.8 Å². The van der Waals surface area contributed by atoms with Crippen LogP contribution in [0.25, 0.3) is 11.3 Å². The Morgan fingerprint density at radius 2 is 2.45 bits per heavy atom. The number of imidazole rings is 1. The summed E-state index contributed by atoms with van der Waals surface area (Å²) in [5.74, 6) is 0.778. The number of rotatable bonds is 3. The zero-order valence-corrected chi connectivity index (χ0v) is 11.5. The van der Waals surface area contributed by atoms with Gasteiger partial charge in [0.1, 0.15) is 6.42 Å². The number of nitriles is 1. The summed E-state index contributed by atoms with van der Waals surface area (Å²) >= 11 is 1.75. The smallest absolute Gasteiger partial charge is 0.238 e. The van der Waals surface area contributed by atoms with Gasteiger partial charge in [-0.1, -0.05) is 23.9 Å². The summed E-state index contributed by atoms with van der Waals surface area (Å²) in [5.41, 5.74) is 2.55. The van der Waals surface area contributed by atoms with E-state index in [2.05, 4.69) is 14.9 Å². The minimum Gasteiger partial charge on any atom is -0.325 e. The van der Waals surface area contributed by atoms with Gasteiger partial charge in [0.2, 0.25) is 5.91 Å². The Bertz CT molecular complexity index is 680. The molecule has 20 heavy (non-hydrogen) atoms. The minimum atomic E-state index is -0.299. The Morgan fingerprint density at radius 3 is 3.25 bits per heavy atom. The molecule has 1 aliphatic heterocycles. The highest BCUT2D eigenvalue weighted by Gasteiger charge is 2.15. The monoisotopic (exact) mass is 284 g/mol. The average Bonchev–Trinajstić information content (AvgIpc) is 2.99. The Kier molecular flexibility index (Phi) is 3.44. The van der Waals surface area contributed by atoms with Crippen LogP contribution >= 0.6 is 11.8 Å². The van der Waals surface area contributed by atoms with Gasteiger partial charge in [-0.05, 0) is 12.1 Å². The topological polar surface area (TPSA) is 70.7 Å². The van der Waals surface area contributed by atoms with E-state index in [1.54, 1.807) is 17.8 Å². The van der Waals surface area contributed by atoms with Gasteiger partial charge in [-0.25, -0.2) is 4.98 Å². The second-order valence-corrected chi connectivity index (χ2v) is 5.48. The Hall–Kier alpha value is -2.26. The number of benzene rings is 1. The van der Waals surface area contributed by atoms with Crippen LogP contribution in [0.5, 0.6) is 0 Å². The second kappa shape index (κ2) is 5.39. The quantitative estimate of drug-likeness (QED) is 0.940. The van der Waals surface area contributed by atoms with E-state index in [0.717, 1.165) is 28.7 Å². The van der Waals surface area contributed by atoms with E-state index in [0.29, 0.717) is 5.69 Å². The van der Waals surface area contributed by atoms with Crippen LogP contribution in [0.2, 0.25) is 0 Å². The lowest BCUT2D eigenvalue weighted by Gasteiger charge is -2.04. The van der Waals surface area contributed by atoms with Crippen molar-refractivity contribution >= 4 is 23.4 Å². The summed E-state index contributed by atoms with van der Waals surface area (Å²) in [5, 5.41) is 12.2. The van der Waals surface area contributed by atoms with Crippen LogP contribution in [0.3, 0.4) is 0 Å². The third-order valence-electron chi connectivity index (χ3n) is 2.98. The molecule has 1 N–H and O–H groups in total. The molecule has 0 fully saturated rings. The lowest BCUT2D eigenvalue weighted by atomic mass is 10.1. The van der Waals surface area contributed by atoms with Crippen LogP contribution in [-0.2, 0) is 11.3 Å². The number of nitrogens with one attached hydrogen (secondary N) is 1. The van der Waals surface area contributed by atoms with Crippen molar-refractivity contribution in [1.82, 2.24) is 9.55 Å². The first-order valence-electron chi connectivity index (χ1n) is 6.23. The molecule has 2 aromatic rings. The highest BCUT2D eigenvalue weighted by atomic mass is 32.2. The first kappa shape index (κ1) is 12.8. The van der Waals surface area contributed by atoms with Gasteiger partial charge in [-0.15, -0.1) is 0 Å². The maximum absolute atomic E-state index is 11.4. The van der Waals surface area contributed by atoms with E-state index in [1.165, 1.54) is 0 Å². The second-order valence-electron chi connectivity index (χ2n) is 4.41. The van der Waals surface area contributed by atoms with E-state index in [1.807, 2.05) is 30.5 Å². The Balaban J connectivity index is 1.83. The lowest BCUT2D eigenvalue weighted by Crippen LogP contribution is -2.09. The number of thioether (sulfide) groups is 1. The first-order chi connectivity index (χ1) is 9.76. The molecule has 0 unspecified atom stereocenters. The number of aryl methyl sites for hydroxylation is 1. The number of amides is 1. The van der Waals surface area contributed by atoms with Crippen molar-refractivity contribution in [2.45, 2.75) is 18.1 Å². The SMILES string of the molecule is N#CCC(=O)Nc1cccc(-c2cn3c(n2)SCC3)c1. The highest BCUT2D eigenvalue weighted by Crippen LogP contribution is 2.29. The van der Waals surface area contributed by atoms with Crippen molar-refractivity contribution in [2.75, 3.05) is 11.1 Å². The van der Waals surface area contributed by atoms with Crippen LogP contribution in [0.4, 0.5) is 5.69 Å². The molecular formula is C14H12N4OS. The molecule has 0 saturated heterocycles. The van der Waals surface area contributed by atoms with E-state index < -0.39 is 0 Å². The molecule has 1 aromatic carbocycles. The molecule has 0 saturated carbocycles. The van der Waals surface area contributed by atoms with Crippen molar-refractivity contribution in [3.63, 3.8) is 0 Å². The normalized spacial score (nSPS) is 12.8. The van der Waals surface area contributed by atoms with E-state index >= 15 is 0 Å². The van der Waals surface area contributed by atoms with Crippen LogP contribution < -0.4 is 5.32 Å². The molecule has 100 valence electrons. The first-order valence-corrected chi connectivity index (χ1v) is 7.22. The van der Waals surface area contributed by atoms with Crippen LogP contribution in [0.1, 0.15) is 6.42 Å². The summed E-state index contributed by atoms with van der Waals surface area (Å²) in [6.07, 6.45) is 1.89. The zero-order valence-electron chi connectivity index (χ0n) is 10.7. The molecule has 6 heteroatoms. The van der Waals surface area contributed by atoms with Crippen LogP contribution in [0, 0.1) is 11.3 Å². The minimum absolute atomic E-state index is 0.139. The molecule has 0 spiro atoms. The number of carbonyl (C=O) groups excluding carboxylic acids is 1. The van der Waals surface area contributed by atoms with E-state index in [-0.39, 0.29) is 12.3 Å². The lowest BCUT2D eigenvalue weighted by molar-refractivity contribution is -0.115. The highest BCUT2D eigenvalue weighted by molar-refractivity contribution is 7.99. The Labute approximate surface area is 120 Å². The summed E-state index contributed by atoms with van der Waals surface area (Å²) in [6.45, 7) is 0.992. The van der Waals surface area contributed by atoms with Gasteiger partial charge in [0, 0.05) is 29.7 Å². The van der Waals surface area contributed by atoms with Gasteiger partial charge in [-0.3, -0.25) is 4.79 Å². The van der Waals surface area contributed by atoms with Gasteiger partial charge in [-0.2, -0.15) is 5.26 Å². The standard InChI is InChI=1S/C14H12N4OS/c15-5-4-13(19)16-11-3-1-2-10(8-11)12-9-18-6-7-20-14(18)17-12/h1-3,8-9H,4,6-7H2,(H,16,19). The predicted octanol–water partition coefficient (Wildman–Crippen LogP) is 2.51. The largest absolute Gasteiger partial charge is 0.325 e. The third-order valence-corrected chi connectivity index (χ3v) is 3.96. The fourth-order valence-electron chi connectivity index (χ4n) is 2.08. The predicted molar refractivity (Wildman–Crippen MR) is 77.2 cm³/mol. The number of carbonyl (C=O) groups is 1. The van der Waals surface area contributed by atoms with Crippen molar-refractivity contribution in [3.05, 3.63) is 30.5 Å². The Morgan fingerprint density at radius 1 is 1.55 bits per heavy atom. The molecule has 1 aliphatic rings. The molecule has 2 heterocycles. The van der Waals surface area contributed by atoms with Crippen molar-refractivity contribution in [3.8, 4) is 17.3 Å². The fourth-order valence-corrected chi connectivity index (χ4v) is 3.03. The number of anilines is 1. The van der Waals surface area contributed by atoms with Gasteiger partial charge < -0.3 is 9.88 Å². The number of nitrogens with zero attached hydrogens (tertiary/aromatic N) is 3. The van der Waals surface area contributed by atoms with Crippen molar-refractivity contribution in [2.24, 2.45) is 0 Å². The summed E-state index contributed by atoms with van der Waals surface area (Å²) in [6, 6.07) is 9.34. The maximum atomic E-state index is 11.4. The molecule has 1 aromatic heterocycles. The van der Waals surface area contributed by atoms with Crippen LogP contribution in [0.15, 0.2) is 35.6 Å². The van der Waals surface area contributed by atoms with E-state index in [4.69, 9.17) is 5.26 Å². The van der Waals surface area contributed by atoms with Crippen molar-refractivity contribution in [1.29, 1.82) is 5.26 Å². The molecule has 0 aliphatic carbocycles. The summed E-state index contributed by atoms with van der Waals surface area (Å²) in [4.78, 5) is 16.0. The molecule has 0 radical (unpaired) electrons. The molecule has 0 bridgehead atoms. The van der Waals surface area contributed by atoms with Gasteiger partial charge in [0.15, 0.2) is 5.16 Å². The van der Waals surface area contributed by atoms with Gasteiger partial charge in [0.25, 0.3) is 0 Å². The van der Waals surface area contributed by atoms with E-state index in [9.17, 15) is 4.79 Å². The average molecular weight is 284 g/mol. The number of aromatic nitrogens is 2. The molecule has 5 nitrogen and oxygen atoms in total. The molecule has 0 atom stereocenters. The molecule has 1 amide bonds. The molecular weight excluding hydrogens is 272 g/mol. The fraction of sp³-hybridized carbons (Fsp3) is 0.214. The zero-order chi connectivity index (χ0) is 13.9. The molecule has 3 rings (SSSR count). The van der Waals surface area contributed by atoms with Crippen LogP contribution in [-0.4, -0.2) is 21.2 Å². The summed E-state index contributed by atoms with van der Waals surface area (Å²) < 4.78 is 2.14. The number of hydrogen-bond donors (Lipinski definition) is 1. The number of hydrogen-bond acceptors (Lipinski definition) is 4. The maximum Gasteiger partial charge on any atom is 0.238 e. The van der Waals surface area contributed by atoms with Crippen molar-refractivity contribution < 1.29 is 4.79 Å². The van der Waals surface area contributed by atoms with Gasteiger partial charge >= 0.3 is 0 Å². The number of fused-ring (bicyclic) bond motifs is 1. The third kappa shape index (κ3) is 2.53. The summed E-state index contributed by atoms with van der Waals surface area (Å²) in [7, 11) is 0.